The Morgan fingerprint density at radius 2 is 1.72 bits per heavy atom. The molecule has 1 N–H and O–H groups in total. The first-order chi connectivity index (χ1) is 21.2. The quantitative estimate of drug-likeness (QED) is 0.236. The molecule has 0 unspecified atom stereocenters. The number of benzene rings is 2. The highest BCUT2D eigenvalue weighted by Gasteiger charge is 2.31. The monoisotopic (exact) mass is 578 g/mol. The number of aromatic nitrogens is 2. The molecule has 0 amide bonds. The maximum Gasteiger partial charge on any atom is 0.335 e. The number of rotatable bonds is 8. The first-order valence-electron chi connectivity index (χ1n) is 16.2. The lowest BCUT2D eigenvalue weighted by molar-refractivity contribution is 0.0697. The van der Waals surface area contributed by atoms with Gasteiger partial charge in [0.1, 0.15) is 12.4 Å². The van der Waals surface area contributed by atoms with Crippen LogP contribution >= 0.6 is 0 Å². The van der Waals surface area contributed by atoms with E-state index in [2.05, 4.69) is 43.6 Å². The molecule has 1 saturated heterocycles. The molecule has 2 aromatic carbocycles. The summed E-state index contributed by atoms with van der Waals surface area (Å²) in [7, 11) is 0. The SMILES string of the molecule is O=C(O)c1ccc2c(C3CCCCC3)c3n(c2c1)CCN(CCN1CCCCC1)c1cc(OCc2ccccn2)ccc1-3. The van der Waals surface area contributed by atoms with Crippen molar-refractivity contribution in [2.24, 2.45) is 0 Å². The summed E-state index contributed by atoms with van der Waals surface area (Å²) in [5, 5.41) is 11.1. The Balaban J connectivity index is 1.33. The molecule has 4 aromatic rings. The maximum absolute atomic E-state index is 12.0. The van der Waals surface area contributed by atoms with Gasteiger partial charge in [0.05, 0.1) is 17.0 Å². The van der Waals surface area contributed by atoms with Crippen molar-refractivity contribution in [3.8, 4) is 17.0 Å². The zero-order valence-corrected chi connectivity index (χ0v) is 25.0. The molecule has 7 rings (SSSR count). The minimum Gasteiger partial charge on any atom is -0.487 e. The van der Waals surface area contributed by atoms with Gasteiger partial charge in [-0.15, -0.1) is 0 Å². The number of likely N-dealkylation sites (tertiary alicyclic amines) is 1. The van der Waals surface area contributed by atoms with Crippen molar-refractivity contribution in [2.75, 3.05) is 37.6 Å². The van der Waals surface area contributed by atoms with Crippen LogP contribution < -0.4 is 9.64 Å². The molecule has 7 nitrogen and oxygen atoms in total. The lowest BCUT2D eigenvalue weighted by Crippen LogP contribution is -2.38. The summed E-state index contributed by atoms with van der Waals surface area (Å²) in [5.41, 5.74) is 7.45. The van der Waals surface area contributed by atoms with Crippen molar-refractivity contribution in [3.63, 3.8) is 0 Å². The third kappa shape index (κ3) is 5.75. The topological polar surface area (TPSA) is 70.8 Å². The van der Waals surface area contributed by atoms with Crippen LogP contribution in [0, 0.1) is 0 Å². The van der Waals surface area contributed by atoms with E-state index in [-0.39, 0.29) is 0 Å². The molecule has 2 fully saturated rings. The number of pyridine rings is 1. The second-order valence-corrected chi connectivity index (χ2v) is 12.5. The van der Waals surface area contributed by atoms with Crippen molar-refractivity contribution >= 4 is 22.6 Å². The summed E-state index contributed by atoms with van der Waals surface area (Å²) in [4.78, 5) is 21.6. The summed E-state index contributed by atoms with van der Waals surface area (Å²) >= 11 is 0. The van der Waals surface area contributed by atoms with E-state index in [1.54, 1.807) is 12.3 Å². The molecule has 0 bridgehead atoms. The molecule has 1 aliphatic carbocycles. The van der Waals surface area contributed by atoms with Gasteiger partial charge in [-0.2, -0.15) is 0 Å². The number of ether oxygens (including phenoxy) is 1. The number of piperidine rings is 1. The molecular formula is C36H42N4O3. The smallest absolute Gasteiger partial charge is 0.335 e. The Bertz CT molecular complexity index is 1590. The highest BCUT2D eigenvalue weighted by atomic mass is 16.5. The molecular weight excluding hydrogens is 536 g/mol. The van der Waals surface area contributed by atoms with Gasteiger partial charge in [-0.05, 0) is 86.7 Å². The van der Waals surface area contributed by atoms with Crippen LogP contribution in [0.2, 0.25) is 0 Å². The Hall–Kier alpha value is -3.84. The zero-order valence-electron chi connectivity index (χ0n) is 25.0. The second-order valence-electron chi connectivity index (χ2n) is 12.5. The lowest BCUT2D eigenvalue weighted by Gasteiger charge is -2.31. The van der Waals surface area contributed by atoms with Gasteiger partial charge in [-0.3, -0.25) is 4.98 Å². The minimum atomic E-state index is -0.872. The summed E-state index contributed by atoms with van der Waals surface area (Å²) in [6.45, 7) is 6.48. The first kappa shape index (κ1) is 28.0. The average Bonchev–Trinajstić information content (AvgIpc) is 3.29. The number of nitrogens with zero attached hydrogens (tertiary/aromatic N) is 4. The first-order valence-corrected chi connectivity index (χ1v) is 16.2. The van der Waals surface area contributed by atoms with E-state index >= 15 is 0 Å². The standard InChI is InChI=1S/C36H42N4O3/c41-36(42)27-12-14-30-33(23-27)40-22-21-39(20-19-38-17-7-2-8-18-38)32-24-29(43-25-28-11-5-6-16-37-28)13-15-31(32)35(40)34(30)26-9-3-1-4-10-26/h5-6,11-16,23-24,26H,1-4,7-10,17-22,25H2,(H,41,42). The summed E-state index contributed by atoms with van der Waals surface area (Å²) in [6.07, 6.45) is 11.9. The molecule has 43 heavy (non-hydrogen) atoms. The van der Waals surface area contributed by atoms with Gasteiger partial charge in [0.2, 0.25) is 0 Å². The molecule has 7 heteroatoms. The molecule has 3 aliphatic rings. The summed E-state index contributed by atoms with van der Waals surface area (Å²) in [6, 6.07) is 18.3. The van der Waals surface area contributed by atoms with Crippen molar-refractivity contribution in [1.82, 2.24) is 14.5 Å². The van der Waals surface area contributed by atoms with Crippen LogP contribution in [0.15, 0.2) is 60.8 Å². The maximum atomic E-state index is 12.0. The number of aromatic carboxylic acids is 1. The van der Waals surface area contributed by atoms with Gasteiger partial charge in [-0.25, -0.2) is 4.79 Å². The predicted octanol–water partition coefficient (Wildman–Crippen LogP) is 7.33. The van der Waals surface area contributed by atoms with Crippen molar-refractivity contribution in [2.45, 2.75) is 70.4 Å². The predicted molar refractivity (Wildman–Crippen MR) is 171 cm³/mol. The third-order valence-corrected chi connectivity index (χ3v) is 9.77. The van der Waals surface area contributed by atoms with Crippen LogP contribution in [0.5, 0.6) is 5.75 Å². The molecule has 2 aliphatic heterocycles. The van der Waals surface area contributed by atoms with Crippen LogP contribution in [0.1, 0.15) is 78.9 Å². The molecule has 2 aromatic heterocycles. The fraction of sp³-hybridized carbons (Fsp3) is 0.444. The minimum absolute atomic E-state index is 0.354. The Morgan fingerprint density at radius 1 is 0.884 bits per heavy atom. The van der Waals surface area contributed by atoms with Gasteiger partial charge < -0.3 is 24.2 Å². The van der Waals surface area contributed by atoms with Crippen LogP contribution in [0.25, 0.3) is 22.2 Å². The van der Waals surface area contributed by atoms with E-state index in [1.165, 1.54) is 92.4 Å². The van der Waals surface area contributed by atoms with Crippen LogP contribution in [-0.4, -0.2) is 58.3 Å². The van der Waals surface area contributed by atoms with Crippen LogP contribution in [-0.2, 0) is 13.2 Å². The number of carboxylic acids is 1. The fourth-order valence-electron chi connectivity index (χ4n) is 7.56. The summed E-state index contributed by atoms with van der Waals surface area (Å²) in [5.74, 6) is 0.462. The Labute approximate surface area is 254 Å². The number of hydrogen-bond acceptors (Lipinski definition) is 5. The molecule has 224 valence electrons. The van der Waals surface area contributed by atoms with Gasteiger partial charge in [0.15, 0.2) is 0 Å². The highest BCUT2D eigenvalue weighted by Crippen LogP contribution is 2.48. The van der Waals surface area contributed by atoms with E-state index in [9.17, 15) is 9.90 Å². The molecule has 0 atom stereocenters. The van der Waals surface area contributed by atoms with E-state index < -0.39 is 5.97 Å². The zero-order chi connectivity index (χ0) is 29.2. The molecule has 4 heterocycles. The number of fused-ring (bicyclic) bond motifs is 5. The second kappa shape index (κ2) is 12.4. The third-order valence-electron chi connectivity index (χ3n) is 9.77. The van der Waals surface area contributed by atoms with Gasteiger partial charge in [0.25, 0.3) is 0 Å². The fourth-order valence-corrected chi connectivity index (χ4v) is 7.56. The van der Waals surface area contributed by atoms with E-state index in [0.29, 0.717) is 18.1 Å². The number of hydrogen-bond donors (Lipinski definition) is 1. The Kier molecular flexibility index (Phi) is 8.07. The summed E-state index contributed by atoms with van der Waals surface area (Å²) < 4.78 is 8.74. The van der Waals surface area contributed by atoms with E-state index in [4.69, 9.17) is 4.74 Å². The number of carbonyl (C=O) groups is 1. The van der Waals surface area contributed by atoms with Crippen molar-refractivity contribution in [3.05, 3.63) is 77.6 Å². The number of anilines is 1. The van der Waals surface area contributed by atoms with Gasteiger partial charge >= 0.3 is 5.97 Å². The van der Waals surface area contributed by atoms with Gasteiger partial charge in [-0.1, -0.05) is 37.8 Å². The van der Waals surface area contributed by atoms with E-state index in [0.717, 1.165) is 43.1 Å². The number of carboxylic acid groups (broad SMARTS) is 1. The van der Waals surface area contributed by atoms with Crippen molar-refractivity contribution < 1.29 is 14.6 Å². The molecule has 0 radical (unpaired) electrons. The van der Waals surface area contributed by atoms with Crippen LogP contribution in [0.3, 0.4) is 0 Å². The largest absolute Gasteiger partial charge is 0.487 e. The lowest BCUT2D eigenvalue weighted by atomic mass is 9.81. The van der Waals surface area contributed by atoms with Crippen molar-refractivity contribution in [1.29, 1.82) is 0 Å². The normalized spacial score (nSPS) is 17.8. The Morgan fingerprint density at radius 3 is 2.51 bits per heavy atom. The molecule has 1 saturated carbocycles. The van der Waals surface area contributed by atoms with Gasteiger partial charge in [0, 0.05) is 60.6 Å². The van der Waals surface area contributed by atoms with E-state index in [1.807, 2.05) is 24.3 Å². The average molecular weight is 579 g/mol. The van der Waals surface area contributed by atoms with Crippen LogP contribution in [0.4, 0.5) is 5.69 Å². The highest BCUT2D eigenvalue weighted by molar-refractivity contribution is 5.99. The molecule has 0 spiro atoms.